The molecular formula is C22H34N4O. The fourth-order valence-electron chi connectivity index (χ4n) is 7.17. The molecule has 0 aromatic carbocycles. The Bertz CT molecular complexity index is 672. The molecule has 1 amide bonds. The van der Waals surface area contributed by atoms with Crippen LogP contribution in [0, 0.1) is 23.2 Å². The first kappa shape index (κ1) is 17.7. The minimum Gasteiger partial charge on any atom is -0.334 e. The lowest BCUT2D eigenvalue weighted by Crippen LogP contribution is -2.56. The van der Waals surface area contributed by atoms with Crippen molar-refractivity contribution in [2.75, 3.05) is 26.2 Å². The van der Waals surface area contributed by atoms with Gasteiger partial charge in [0.2, 0.25) is 5.91 Å². The molecule has 4 fully saturated rings. The topological polar surface area (TPSA) is 41.4 Å². The predicted octanol–water partition coefficient (Wildman–Crippen LogP) is 3.32. The number of likely N-dealkylation sites (N-methyl/N-ethyl adjacent to an activating group) is 1. The fourth-order valence-corrected chi connectivity index (χ4v) is 7.17. The Morgan fingerprint density at radius 2 is 1.78 bits per heavy atom. The number of carbonyl (C=O) groups excluding carboxylic acids is 1. The van der Waals surface area contributed by atoms with Crippen LogP contribution in [0.4, 0.5) is 0 Å². The van der Waals surface area contributed by atoms with E-state index >= 15 is 0 Å². The normalized spacial score (nSPS) is 37.1. The van der Waals surface area contributed by atoms with Crippen molar-refractivity contribution in [3.05, 3.63) is 18.0 Å². The van der Waals surface area contributed by atoms with E-state index in [2.05, 4.69) is 39.5 Å². The third-order valence-electron chi connectivity index (χ3n) is 8.02. The molecule has 148 valence electrons. The molecule has 0 radical (unpaired) electrons. The summed E-state index contributed by atoms with van der Waals surface area (Å²) in [5.41, 5.74) is 1.17. The molecule has 1 aromatic heterocycles. The molecule has 2 heterocycles. The molecule has 0 unspecified atom stereocenters. The zero-order chi connectivity index (χ0) is 18.6. The maximum Gasteiger partial charge on any atom is 0.229 e. The summed E-state index contributed by atoms with van der Waals surface area (Å²) in [6.07, 6.45) is 9.57. The Kier molecular flexibility index (Phi) is 4.34. The number of hydrogen-bond donors (Lipinski definition) is 0. The Labute approximate surface area is 163 Å². The molecule has 27 heavy (non-hydrogen) atoms. The van der Waals surface area contributed by atoms with Crippen LogP contribution >= 0.6 is 0 Å². The first-order chi connectivity index (χ1) is 13.1. The minimum atomic E-state index is -0.0311. The SMILES string of the molecule is CCN(CC)C[C@@H]1CN(C(=O)C23CC4CC(CC(C4)C2)C3)Cc2ccnn21. The third-order valence-corrected chi connectivity index (χ3v) is 8.02. The Hall–Kier alpha value is -1.36. The lowest BCUT2D eigenvalue weighted by atomic mass is 9.49. The van der Waals surface area contributed by atoms with Crippen molar-refractivity contribution in [2.45, 2.75) is 65.0 Å². The highest BCUT2D eigenvalue weighted by molar-refractivity contribution is 5.83. The van der Waals surface area contributed by atoms with Gasteiger partial charge >= 0.3 is 0 Å². The van der Waals surface area contributed by atoms with Gasteiger partial charge in [0.05, 0.1) is 23.7 Å². The molecule has 0 N–H and O–H groups in total. The van der Waals surface area contributed by atoms with E-state index in [0.29, 0.717) is 5.91 Å². The number of nitrogens with zero attached hydrogens (tertiary/aromatic N) is 4. The van der Waals surface area contributed by atoms with Gasteiger partial charge in [-0.05, 0) is 75.4 Å². The number of aromatic nitrogens is 2. The maximum absolute atomic E-state index is 13.8. The van der Waals surface area contributed by atoms with Crippen LogP contribution in [0.3, 0.4) is 0 Å². The van der Waals surface area contributed by atoms with Gasteiger partial charge in [0.1, 0.15) is 0 Å². The zero-order valence-electron chi connectivity index (χ0n) is 16.9. The fraction of sp³-hybridized carbons (Fsp3) is 0.818. The van der Waals surface area contributed by atoms with Gasteiger partial charge in [0, 0.05) is 19.3 Å². The Morgan fingerprint density at radius 1 is 1.15 bits per heavy atom. The molecule has 0 saturated heterocycles. The summed E-state index contributed by atoms with van der Waals surface area (Å²) < 4.78 is 2.18. The van der Waals surface area contributed by atoms with E-state index in [1.54, 1.807) is 0 Å². The second-order valence-electron chi connectivity index (χ2n) is 9.79. The van der Waals surface area contributed by atoms with Crippen molar-refractivity contribution in [1.29, 1.82) is 0 Å². The van der Waals surface area contributed by atoms with Crippen molar-refractivity contribution < 1.29 is 4.79 Å². The van der Waals surface area contributed by atoms with Gasteiger partial charge in [-0.2, -0.15) is 5.10 Å². The summed E-state index contributed by atoms with van der Waals surface area (Å²) in [6, 6.07) is 2.38. The summed E-state index contributed by atoms with van der Waals surface area (Å²) in [5.74, 6) is 2.93. The Balaban J connectivity index is 1.38. The molecule has 5 aliphatic rings. The monoisotopic (exact) mass is 370 g/mol. The highest BCUT2D eigenvalue weighted by Crippen LogP contribution is 2.60. The molecule has 1 aromatic rings. The molecule has 0 spiro atoms. The van der Waals surface area contributed by atoms with E-state index in [1.807, 2.05) is 6.20 Å². The smallest absolute Gasteiger partial charge is 0.229 e. The molecular weight excluding hydrogens is 336 g/mol. The first-order valence-corrected chi connectivity index (χ1v) is 11.1. The number of fused-ring (bicyclic) bond motifs is 1. The van der Waals surface area contributed by atoms with Crippen LogP contribution in [-0.4, -0.2) is 51.7 Å². The van der Waals surface area contributed by atoms with Gasteiger partial charge in [0.15, 0.2) is 0 Å². The third kappa shape index (κ3) is 2.93. The van der Waals surface area contributed by atoms with Crippen LogP contribution in [-0.2, 0) is 11.3 Å². The van der Waals surface area contributed by atoms with Crippen molar-refractivity contribution in [3.63, 3.8) is 0 Å². The van der Waals surface area contributed by atoms with Gasteiger partial charge in [-0.1, -0.05) is 13.8 Å². The lowest BCUT2D eigenvalue weighted by molar-refractivity contribution is -0.160. The molecule has 6 rings (SSSR count). The van der Waals surface area contributed by atoms with E-state index < -0.39 is 0 Å². The summed E-state index contributed by atoms with van der Waals surface area (Å²) in [4.78, 5) is 18.5. The van der Waals surface area contributed by atoms with Gasteiger partial charge in [-0.15, -0.1) is 0 Å². The minimum absolute atomic E-state index is 0.0311. The van der Waals surface area contributed by atoms with E-state index in [-0.39, 0.29) is 11.5 Å². The molecule has 5 heteroatoms. The number of hydrogen-bond acceptors (Lipinski definition) is 3. The van der Waals surface area contributed by atoms with Crippen LogP contribution in [0.25, 0.3) is 0 Å². The van der Waals surface area contributed by atoms with Gasteiger partial charge in [0.25, 0.3) is 0 Å². The summed E-state index contributed by atoms with van der Waals surface area (Å²) >= 11 is 0. The summed E-state index contributed by atoms with van der Waals surface area (Å²) in [5, 5.41) is 4.60. The zero-order valence-corrected chi connectivity index (χ0v) is 16.9. The Morgan fingerprint density at radius 3 is 2.37 bits per heavy atom. The number of amides is 1. The summed E-state index contributed by atoms with van der Waals surface area (Å²) in [7, 11) is 0. The van der Waals surface area contributed by atoms with E-state index in [0.717, 1.165) is 69.7 Å². The molecule has 1 aliphatic heterocycles. The molecule has 4 saturated carbocycles. The molecule has 1 atom stereocenters. The number of rotatable bonds is 5. The van der Waals surface area contributed by atoms with E-state index in [1.165, 1.54) is 25.0 Å². The molecule has 4 aliphatic carbocycles. The van der Waals surface area contributed by atoms with Crippen LogP contribution in [0.15, 0.2) is 12.3 Å². The maximum atomic E-state index is 13.8. The number of carbonyl (C=O) groups is 1. The van der Waals surface area contributed by atoms with Gasteiger partial charge in [-0.3, -0.25) is 9.48 Å². The van der Waals surface area contributed by atoms with Crippen molar-refractivity contribution in [2.24, 2.45) is 23.2 Å². The molecule has 4 bridgehead atoms. The largest absolute Gasteiger partial charge is 0.334 e. The molecule has 5 nitrogen and oxygen atoms in total. The second-order valence-corrected chi connectivity index (χ2v) is 9.79. The van der Waals surface area contributed by atoms with Crippen LogP contribution < -0.4 is 0 Å². The van der Waals surface area contributed by atoms with Crippen LogP contribution in [0.5, 0.6) is 0 Å². The van der Waals surface area contributed by atoms with E-state index in [9.17, 15) is 4.79 Å². The predicted molar refractivity (Wildman–Crippen MR) is 105 cm³/mol. The quantitative estimate of drug-likeness (QED) is 0.798. The highest BCUT2D eigenvalue weighted by Gasteiger charge is 2.56. The van der Waals surface area contributed by atoms with Gasteiger partial charge < -0.3 is 9.80 Å². The lowest BCUT2D eigenvalue weighted by Gasteiger charge is -2.57. The standard InChI is InChI=1S/C22H34N4O/c1-3-24(4-2)13-20-15-25(14-19-5-6-23-26(19)20)21(27)22-10-16-7-17(11-22)9-18(8-16)12-22/h5-6,16-18,20H,3-4,7-15H2,1-2H3/t16?,17?,18?,20-,22?/m1/s1. The van der Waals surface area contributed by atoms with Crippen molar-refractivity contribution in [1.82, 2.24) is 19.6 Å². The van der Waals surface area contributed by atoms with Crippen molar-refractivity contribution >= 4 is 5.91 Å². The van der Waals surface area contributed by atoms with Crippen molar-refractivity contribution in [3.8, 4) is 0 Å². The average molecular weight is 371 g/mol. The van der Waals surface area contributed by atoms with Crippen LogP contribution in [0.2, 0.25) is 0 Å². The highest BCUT2D eigenvalue weighted by atomic mass is 16.2. The second kappa shape index (κ2) is 6.61. The van der Waals surface area contributed by atoms with E-state index in [4.69, 9.17) is 0 Å². The summed E-state index contributed by atoms with van der Waals surface area (Å²) in [6.45, 7) is 9.08. The average Bonchev–Trinajstić information content (AvgIpc) is 3.13. The first-order valence-electron chi connectivity index (χ1n) is 11.1. The van der Waals surface area contributed by atoms with Gasteiger partial charge in [-0.25, -0.2) is 0 Å². The van der Waals surface area contributed by atoms with Crippen LogP contribution in [0.1, 0.15) is 64.1 Å².